The molecule has 0 fully saturated rings. The van der Waals surface area contributed by atoms with Crippen LogP contribution in [0.1, 0.15) is 20.8 Å². The summed E-state index contributed by atoms with van der Waals surface area (Å²) in [4.78, 5) is 11.6. The summed E-state index contributed by atoms with van der Waals surface area (Å²) in [6.45, 7) is 5.23. The van der Waals surface area contributed by atoms with Gasteiger partial charge in [0.15, 0.2) is 0 Å². The van der Waals surface area contributed by atoms with Crippen molar-refractivity contribution in [2.75, 3.05) is 0 Å². The third-order valence-electron chi connectivity index (χ3n) is 3.57. The third kappa shape index (κ3) is 8.31. The topological polar surface area (TPSA) is 103 Å². The Bertz CT molecular complexity index is 660. The molecule has 0 spiro atoms. The molecule has 3 rings (SSSR count). The van der Waals surface area contributed by atoms with E-state index in [9.17, 15) is 4.80 Å². The number of aliphatic hydroxyl groups is 1. The molecular formula is C22H30O4SiZr. The molecule has 4 nitrogen and oxygen atoms in total. The first-order valence-corrected chi connectivity index (χ1v) is 10.4. The van der Waals surface area contributed by atoms with Crippen LogP contribution in [0.25, 0.3) is 0 Å². The minimum Gasteiger partial charge on any atom is -0.421 e. The van der Waals surface area contributed by atoms with E-state index in [1.807, 2.05) is 91.0 Å². The normalized spacial score (nSPS) is 10.2. The van der Waals surface area contributed by atoms with Crippen LogP contribution in [0.3, 0.4) is 0 Å². The van der Waals surface area contributed by atoms with Gasteiger partial charge in [-0.25, -0.2) is 0 Å². The van der Waals surface area contributed by atoms with Crippen molar-refractivity contribution in [1.29, 1.82) is 0 Å². The summed E-state index contributed by atoms with van der Waals surface area (Å²) in [6.07, 6.45) is 0. The van der Waals surface area contributed by atoms with Gasteiger partial charge in [-0.05, 0) is 36.3 Å². The van der Waals surface area contributed by atoms with Crippen LogP contribution in [0, 0.1) is 0 Å². The molecule has 0 atom stereocenters. The van der Waals surface area contributed by atoms with Crippen molar-refractivity contribution in [3.63, 3.8) is 0 Å². The SMILES string of the molecule is CC(C)(C)O.O.O.O[Si](c1ccccc1)(c1ccccc1)c1ccccc1.[Zr]. The monoisotopic (exact) mass is 476 g/mol. The van der Waals surface area contributed by atoms with Gasteiger partial charge in [0.2, 0.25) is 0 Å². The second-order valence-corrected chi connectivity index (χ2v) is 10.1. The van der Waals surface area contributed by atoms with Gasteiger partial charge in [0.1, 0.15) is 0 Å². The van der Waals surface area contributed by atoms with E-state index in [1.54, 1.807) is 20.8 Å². The largest absolute Gasteiger partial charge is 0.421 e. The maximum atomic E-state index is 11.6. The van der Waals surface area contributed by atoms with E-state index in [0.717, 1.165) is 15.6 Å². The quantitative estimate of drug-likeness (QED) is 0.430. The first kappa shape index (κ1) is 28.8. The Labute approximate surface area is 187 Å². The van der Waals surface area contributed by atoms with E-state index >= 15 is 0 Å². The molecule has 0 aromatic heterocycles. The van der Waals surface area contributed by atoms with Crippen molar-refractivity contribution >= 4 is 23.9 Å². The van der Waals surface area contributed by atoms with Crippen LogP contribution in [-0.2, 0) is 26.2 Å². The van der Waals surface area contributed by atoms with E-state index in [2.05, 4.69) is 0 Å². The standard InChI is InChI=1S/C18H16OSi.C4H10O.2H2O.Zr/c19-20(16-10-4-1-5-11-16,17-12-6-2-7-13-17)18-14-8-3-9-15-18;1-4(2,3)5;;;/h1-15,19H;5H,1-3H3;2*1H2;. The minimum absolute atomic E-state index is 0. The predicted octanol–water partition coefficient (Wildman–Crippen LogP) is 0.771. The van der Waals surface area contributed by atoms with Crippen molar-refractivity contribution in [2.24, 2.45) is 0 Å². The van der Waals surface area contributed by atoms with Crippen LogP contribution in [-0.4, -0.2) is 34.8 Å². The summed E-state index contributed by atoms with van der Waals surface area (Å²) in [5.41, 5.74) is -0.500. The molecule has 150 valence electrons. The zero-order valence-electron chi connectivity index (χ0n) is 16.6. The van der Waals surface area contributed by atoms with E-state index < -0.39 is 13.9 Å². The molecule has 0 heterocycles. The molecule has 3 aromatic carbocycles. The number of hydrogen-bond donors (Lipinski definition) is 2. The van der Waals surface area contributed by atoms with Gasteiger partial charge in [0.05, 0.1) is 5.60 Å². The van der Waals surface area contributed by atoms with Gasteiger partial charge in [-0.3, -0.25) is 0 Å². The van der Waals surface area contributed by atoms with E-state index in [1.165, 1.54) is 0 Å². The smallest absolute Gasteiger partial charge is 0.285 e. The van der Waals surface area contributed by atoms with E-state index in [4.69, 9.17) is 5.11 Å². The molecule has 28 heavy (non-hydrogen) atoms. The van der Waals surface area contributed by atoms with Crippen molar-refractivity contribution in [1.82, 2.24) is 0 Å². The van der Waals surface area contributed by atoms with E-state index in [0.29, 0.717) is 0 Å². The maximum absolute atomic E-state index is 11.6. The van der Waals surface area contributed by atoms with Gasteiger partial charge < -0.3 is 20.9 Å². The predicted molar refractivity (Wildman–Crippen MR) is 115 cm³/mol. The zero-order chi connectivity index (χ0) is 18.3. The Morgan fingerprint density at radius 2 is 0.750 bits per heavy atom. The summed E-state index contributed by atoms with van der Waals surface area (Å²) >= 11 is 0. The van der Waals surface area contributed by atoms with Crippen molar-refractivity contribution in [3.8, 4) is 0 Å². The zero-order valence-corrected chi connectivity index (χ0v) is 20.0. The minimum atomic E-state index is -2.88. The van der Waals surface area contributed by atoms with E-state index in [-0.39, 0.29) is 37.2 Å². The molecular weight excluding hydrogens is 448 g/mol. The Morgan fingerprint density at radius 3 is 0.929 bits per heavy atom. The van der Waals surface area contributed by atoms with Crippen LogP contribution in [0.15, 0.2) is 91.0 Å². The molecule has 0 saturated heterocycles. The van der Waals surface area contributed by atoms with Gasteiger partial charge >= 0.3 is 0 Å². The van der Waals surface area contributed by atoms with Gasteiger partial charge in [0, 0.05) is 26.2 Å². The van der Waals surface area contributed by atoms with Crippen LogP contribution >= 0.6 is 0 Å². The molecule has 0 aliphatic heterocycles. The first-order chi connectivity index (χ1) is 11.8. The average molecular weight is 478 g/mol. The third-order valence-corrected chi connectivity index (χ3v) is 7.08. The summed E-state index contributed by atoms with van der Waals surface area (Å²) in [6, 6.07) is 30.0. The second kappa shape index (κ2) is 12.9. The summed E-state index contributed by atoms with van der Waals surface area (Å²) < 4.78 is 0. The van der Waals surface area contributed by atoms with Crippen molar-refractivity contribution < 1.29 is 47.1 Å². The molecule has 0 saturated carbocycles. The Balaban J connectivity index is 0. The Kier molecular flexibility index (Phi) is 13.3. The van der Waals surface area contributed by atoms with Crippen LogP contribution in [0.4, 0.5) is 0 Å². The van der Waals surface area contributed by atoms with Crippen LogP contribution in [0.2, 0.25) is 0 Å². The molecule has 0 bridgehead atoms. The summed E-state index contributed by atoms with van der Waals surface area (Å²) in [7, 11) is -2.88. The van der Waals surface area contributed by atoms with Gasteiger partial charge in [-0.15, -0.1) is 0 Å². The van der Waals surface area contributed by atoms with Gasteiger partial charge in [-0.1, -0.05) is 91.0 Å². The Morgan fingerprint density at radius 1 is 0.571 bits per heavy atom. The Hall–Kier alpha value is -1.40. The van der Waals surface area contributed by atoms with Gasteiger partial charge in [0.25, 0.3) is 8.32 Å². The van der Waals surface area contributed by atoms with Gasteiger partial charge in [-0.2, -0.15) is 0 Å². The molecule has 0 aliphatic rings. The molecule has 6 heteroatoms. The summed E-state index contributed by atoms with van der Waals surface area (Å²) in [5.74, 6) is 0. The fraction of sp³-hybridized carbons (Fsp3) is 0.182. The van der Waals surface area contributed by atoms with Crippen molar-refractivity contribution in [3.05, 3.63) is 91.0 Å². The fourth-order valence-corrected chi connectivity index (χ4v) is 5.56. The molecule has 0 radical (unpaired) electrons. The molecule has 0 unspecified atom stereocenters. The maximum Gasteiger partial charge on any atom is 0.285 e. The summed E-state index contributed by atoms with van der Waals surface area (Å²) in [5, 5.41) is 11.6. The van der Waals surface area contributed by atoms with Crippen LogP contribution < -0.4 is 15.6 Å². The second-order valence-electron chi connectivity index (χ2n) is 6.98. The molecule has 6 N–H and O–H groups in total. The fourth-order valence-electron chi connectivity index (χ4n) is 2.54. The number of benzene rings is 3. The first-order valence-electron chi connectivity index (χ1n) is 8.43. The number of hydrogen-bond acceptors (Lipinski definition) is 2. The average Bonchev–Trinajstić information content (AvgIpc) is 2.62. The number of rotatable bonds is 3. The molecule has 0 amide bonds. The van der Waals surface area contributed by atoms with Crippen molar-refractivity contribution in [2.45, 2.75) is 26.4 Å². The molecule has 3 aromatic rings. The van der Waals surface area contributed by atoms with Crippen LogP contribution in [0.5, 0.6) is 0 Å². The molecule has 0 aliphatic carbocycles.